The van der Waals surface area contributed by atoms with Crippen LogP contribution in [0.4, 0.5) is 0 Å². The molecule has 8 heteroatoms. The SMILES string of the molecule is CCOc1cc(/C=N/NC(=O)c2c(O)c3ccccc3n(CC)c2=O)ccc1O. The molecule has 0 atom stereocenters. The zero-order valence-corrected chi connectivity index (χ0v) is 16.0. The van der Waals surface area contributed by atoms with Gasteiger partial charge in [-0.1, -0.05) is 12.1 Å². The van der Waals surface area contributed by atoms with Crippen molar-refractivity contribution in [2.45, 2.75) is 20.4 Å². The number of nitrogens with zero attached hydrogens (tertiary/aromatic N) is 2. The molecule has 1 aromatic heterocycles. The van der Waals surface area contributed by atoms with Gasteiger partial charge in [-0.15, -0.1) is 0 Å². The number of fused-ring (bicyclic) bond motifs is 1. The van der Waals surface area contributed by atoms with E-state index in [1.54, 1.807) is 50.2 Å². The number of aryl methyl sites for hydroxylation is 1. The molecule has 0 saturated carbocycles. The molecule has 2 aromatic carbocycles. The van der Waals surface area contributed by atoms with Gasteiger partial charge in [-0.2, -0.15) is 5.10 Å². The highest BCUT2D eigenvalue weighted by Crippen LogP contribution is 2.27. The average molecular weight is 395 g/mol. The Hall–Kier alpha value is -3.81. The summed E-state index contributed by atoms with van der Waals surface area (Å²) in [4.78, 5) is 25.3. The average Bonchev–Trinajstić information content (AvgIpc) is 2.71. The van der Waals surface area contributed by atoms with Crippen LogP contribution in [0.3, 0.4) is 0 Å². The number of hydrogen-bond acceptors (Lipinski definition) is 6. The van der Waals surface area contributed by atoms with Crippen LogP contribution in [0.2, 0.25) is 0 Å². The minimum absolute atomic E-state index is 0.00534. The van der Waals surface area contributed by atoms with Gasteiger partial charge in [0.05, 0.1) is 18.3 Å². The van der Waals surface area contributed by atoms with E-state index in [4.69, 9.17) is 4.74 Å². The summed E-state index contributed by atoms with van der Waals surface area (Å²) in [7, 11) is 0. The summed E-state index contributed by atoms with van der Waals surface area (Å²) in [5.41, 5.74) is 2.41. The van der Waals surface area contributed by atoms with E-state index < -0.39 is 11.5 Å². The molecule has 0 fully saturated rings. The molecular weight excluding hydrogens is 374 g/mol. The van der Waals surface area contributed by atoms with Crippen LogP contribution >= 0.6 is 0 Å². The number of benzene rings is 2. The lowest BCUT2D eigenvalue weighted by molar-refractivity contribution is 0.0950. The second kappa shape index (κ2) is 8.47. The van der Waals surface area contributed by atoms with Gasteiger partial charge in [0, 0.05) is 11.9 Å². The van der Waals surface area contributed by atoms with Crippen LogP contribution < -0.4 is 15.7 Å². The number of carbonyl (C=O) groups excluding carboxylic acids is 1. The Kier molecular flexibility index (Phi) is 5.82. The van der Waals surface area contributed by atoms with E-state index in [1.807, 2.05) is 0 Å². The third-order valence-electron chi connectivity index (χ3n) is 4.35. The first kappa shape index (κ1) is 19.9. The van der Waals surface area contributed by atoms with Crippen molar-refractivity contribution in [1.29, 1.82) is 0 Å². The number of carbonyl (C=O) groups is 1. The molecule has 0 unspecified atom stereocenters. The van der Waals surface area contributed by atoms with Crippen molar-refractivity contribution in [2.24, 2.45) is 5.10 Å². The van der Waals surface area contributed by atoms with E-state index in [9.17, 15) is 19.8 Å². The predicted molar refractivity (Wildman–Crippen MR) is 110 cm³/mol. The fraction of sp³-hybridized carbons (Fsp3) is 0.190. The number of ether oxygens (including phenoxy) is 1. The summed E-state index contributed by atoms with van der Waals surface area (Å²) in [6.07, 6.45) is 1.34. The van der Waals surface area contributed by atoms with Crippen molar-refractivity contribution >= 4 is 23.0 Å². The third-order valence-corrected chi connectivity index (χ3v) is 4.35. The molecule has 1 amide bonds. The largest absolute Gasteiger partial charge is 0.506 e. The van der Waals surface area contributed by atoms with Gasteiger partial charge in [0.1, 0.15) is 11.3 Å². The van der Waals surface area contributed by atoms with Crippen LogP contribution in [0, 0.1) is 0 Å². The van der Waals surface area contributed by atoms with Gasteiger partial charge < -0.3 is 19.5 Å². The van der Waals surface area contributed by atoms with Crippen LogP contribution in [-0.2, 0) is 6.54 Å². The molecule has 0 aliphatic rings. The van der Waals surface area contributed by atoms with Gasteiger partial charge in [0.2, 0.25) is 0 Å². The zero-order valence-electron chi connectivity index (χ0n) is 16.0. The Morgan fingerprint density at radius 3 is 2.69 bits per heavy atom. The molecular formula is C21H21N3O5. The van der Waals surface area contributed by atoms with Crippen molar-refractivity contribution in [3.63, 3.8) is 0 Å². The molecule has 0 saturated heterocycles. The Morgan fingerprint density at radius 1 is 1.21 bits per heavy atom. The molecule has 0 spiro atoms. The molecule has 0 radical (unpaired) electrons. The van der Waals surface area contributed by atoms with Crippen molar-refractivity contribution in [1.82, 2.24) is 9.99 Å². The molecule has 0 aliphatic heterocycles. The fourth-order valence-corrected chi connectivity index (χ4v) is 3.01. The van der Waals surface area contributed by atoms with Crippen molar-refractivity contribution in [3.05, 3.63) is 63.9 Å². The zero-order chi connectivity index (χ0) is 21.0. The van der Waals surface area contributed by atoms with Gasteiger partial charge >= 0.3 is 0 Å². The maximum atomic E-state index is 12.7. The Balaban J connectivity index is 1.90. The molecule has 0 bridgehead atoms. The number of phenolic OH excluding ortho intramolecular Hbond substituents is 1. The van der Waals surface area contributed by atoms with Gasteiger partial charge in [-0.25, -0.2) is 5.43 Å². The summed E-state index contributed by atoms with van der Waals surface area (Å²) in [6, 6.07) is 11.4. The molecule has 1 heterocycles. The molecule has 3 N–H and O–H groups in total. The minimum Gasteiger partial charge on any atom is -0.506 e. The Morgan fingerprint density at radius 2 is 1.97 bits per heavy atom. The van der Waals surface area contributed by atoms with Crippen molar-refractivity contribution in [3.8, 4) is 17.2 Å². The van der Waals surface area contributed by atoms with Crippen LogP contribution in [0.5, 0.6) is 17.2 Å². The minimum atomic E-state index is -0.819. The lowest BCUT2D eigenvalue weighted by atomic mass is 10.1. The predicted octanol–water partition coefficient (Wildman–Crippen LogP) is 2.60. The summed E-state index contributed by atoms with van der Waals surface area (Å²) in [5.74, 6) is -0.915. The summed E-state index contributed by atoms with van der Waals surface area (Å²) >= 11 is 0. The normalized spacial score (nSPS) is 11.1. The Bertz CT molecular complexity index is 1150. The number of para-hydroxylation sites is 1. The van der Waals surface area contributed by atoms with E-state index in [0.29, 0.717) is 35.4 Å². The van der Waals surface area contributed by atoms with Gasteiger partial charge in [-0.3, -0.25) is 9.59 Å². The molecule has 29 heavy (non-hydrogen) atoms. The van der Waals surface area contributed by atoms with Crippen molar-refractivity contribution in [2.75, 3.05) is 6.61 Å². The smallest absolute Gasteiger partial charge is 0.280 e. The van der Waals surface area contributed by atoms with Crippen LogP contribution in [0.25, 0.3) is 10.9 Å². The third kappa shape index (κ3) is 3.91. The number of rotatable bonds is 6. The summed E-state index contributed by atoms with van der Waals surface area (Å²) < 4.78 is 6.71. The highest BCUT2D eigenvalue weighted by Gasteiger charge is 2.21. The van der Waals surface area contributed by atoms with Gasteiger partial charge in [0.15, 0.2) is 11.5 Å². The molecule has 0 aliphatic carbocycles. The second-order valence-electron chi connectivity index (χ2n) is 6.15. The van der Waals surface area contributed by atoms with Crippen LogP contribution in [0.15, 0.2) is 52.4 Å². The first-order valence-corrected chi connectivity index (χ1v) is 9.11. The van der Waals surface area contributed by atoms with E-state index >= 15 is 0 Å². The summed E-state index contributed by atoms with van der Waals surface area (Å²) in [6.45, 7) is 4.30. The highest BCUT2D eigenvalue weighted by molar-refractivity contribution is 6.02. The number of aromatic nitrogens is 1. The van der Waals surface area contributed by atoms with Crippen LogP contribution in [0.1, 0.15) is 29.8 Å². The maximum Gasteiger partial charge on any atom is 0.280 e. The monoisotopic (exact) mass is 395 g/mol. The number of hydrogen-bond donors (Lipinski definition) is 3. The molecule has 150 valence electrons. The van der Waals surface area contributed by atoms with E-state index in [-0.39, 0.29) is 17.1 Å². The highest BCUT2D eigenvalue weighted by atomic mass is 16.5. The standard InChI is InChI=1S/C21H21N3O5/c1-3-24-15-8-6-5-7-14(15)19(26)18(21(24)28)20(27)23-22-12-13-9-10-16(25)17(11-13)29-4-2/h5-12,25-26H,3-4H2,1-2H3,(H,23,27)/b22-12+. The second-order valence-corrected chi connectivity index (χ2v) is 6.15. The topological polar surface area (TPSA) is 113 Å². The Labute approximate surface area is 166 Å². The number of aromatic hydroxyl groups is 2. The number of hydrazone groups is 1. The lowest BCUT2D eigenvalue weighted by Crippen LogP contribution is -2.31. The van der Waals surface area contributed by atoms with Gasteiger partial charge in [0.25, 0.3) is 11.5 Å². The molecule has 3 rings (SSSR count). The first-order valence-electron chi connectivity index (χ1n) is 9.11. The van der Waals surface area contributed by atoms with Gasteiger partial charge in [-0.05, 0) is 49.7 Å². The summed E-state index contributed by atoms with van der Waals surface area (Å²) in [5, 5.41) is 24.5. The molecule has 8 nitrogen and oxygen atoms in total. The van der Waals surface area contributed by atoms with Crippen molar-refractivity contribution < 1.29 is 19.7 Å². The number of amides is 1. The lowest BCUT2D eigenvalue weighted by Gasteiger charge is -2.12. The number of nitrogens with one attached hydrogen (secondary N) is 1. The molecule has 3 aromatic rings. The first-order chi connectivity index (χ1) is 14.0. The number of pyridine rings is 1. The van der Waals surface area contributed by atoms with Crippen LogP contribution in [-0.4, -0.2) is 33.5 Å². The van der Waals surface area contributed by atoms with E-state index in [2.05, 4.69) is 10.5 Å². The number of phenols is 1. The quantitative estimate of drug-likeness (QED) is 0.439. The van der Waals surface area contributed by atoms with E-state index in [1.165, 1.54) is 16.8 Å². The fourth-order valence-electron chi connectivity index (χ4n) is 3.01. The maximum absolute atomic E-state index is 12.7. The van der Waals surface area contributed by atoms with E-state index in [0.717, 1.165) is 0 Å².